The third-order valence-electron chi connectivity index (χ3n) is 21.1. The van der Waals surface area contributed by atoms with Gasteiger partial charge in [-0.1, -0.05) is 110 Å². The second-order valence-electron chi connectivity index (χ2n) is 29.1. The van der Waals surface area contributed by atoms with Gasteiger partial charge in [0.2, 0.25) is 23.6 Å². The van der Waals surface area contributed by atoms with Crippen molar-refractivity contribution in [2.24, 2.45) is 41.4 Å². The van der Waals surface area contributed by atoms with Crippen LogP contribution < -0.4 is 4.74 Å². The molecule has 2 aliphatic heterocycles. The average molecular weight is 1490 g/mol. The SMILES string of the molecule is CCC(C)C(C(CC(=O)N1CCCC1C(OC)C(C)C(=O)CC(C)C(O)c1ccccc1)OC)N(C)C(=O)C(CC(=O)C(C(C)C)N(C)C(=O)OC(Cc1cn(CCOCCCC(=O)CCCCCN2C(=O)CC(SC)C2=O)nn1)c1ccc(OC2CC(C(=O)O)C(O)C(O)C2O)c([N+](=O)[O-])c1)C(C)C. The van der Waals surface area contributed by atoms with Crippen molar-refractivity contribution >= 4 is 70.5 Å². The van der Waals surface area contributed by atoms with Crippen molar-refractivity contribution in [3.63, 3.8) is 0 Å². The first-order valence-electron chi connectivity index (χ1n) is 36.7. The molecular formula is C75H112N8O21S. The number of hydrogen-bond acceptors (Lipinski definition) is 23. The molecule has 30 heteroatoms. The molecule has 2 saturated heterocycles. The molecule has 1 aliphatic carbocycles. The van der Waals surface area contributed by atoms with Crippen molar-refractivity contribution in [1.29, 1.82) is 0 Å². The lowest BCUT2D eigenvalue weighted by atomic mass is 9.80. The number of carbonyl (C=O) groups excluding carboxylic acids is 8. The van der Waals surface area contributed by atoms with E-state index in [1.807, 2.05) is 65.0 Å². The predicted molar refractivity (Wildman–Crippen MR) is 387 cm³/mol. The third-order valence-corrected chi connectivity index (χ3v) is 22.1. The number of methoxy groups -OCH3 is 2. The summed E-state index contributed by atoms with van der Waals surface area (Å²) in [5.41, 5.74) is 0.283. The number of nitro benzene ring substituents is 1. The van der Waals surface area contributed by atoms with Crippen molar-refractivity contribution in [2.45, 2.75) is 230 Å². The highest BCUT2D eigenvalue weighted by molar-refractivity contribution is 8.00. The lowest BCUT2D eigenvalue weighted by Gasteiger charge is -2.41. The maximum atomic E-state index is 15.1. The number of benzene rings is 2. The number of nitrogens with zero attached hydrogens (tertiary/aromatic N) is 8. The monoisotopic (exact) mass is 1490 g/mol. The third kappa shape index (κ3) is 23.1. The van der Waals surface area contributed by atoms with E-state index in [1.54, 1.807) is 50.1 Å². The number of hydrogen-bond donors (Lipinski definition) is 5. The Balaban J connectivity index is 1.14. The predicted octanol–water partition coefficient (Wildman–Crippen LogP) is 7.40. The van der Waals surface area contributed by atoms with E-state index in [-0.39, 0.29) is 109 Å². The number of nitro groups is 1. The molecule has 3 heterocycles. The molecule has 5 N–H and O–H groups in total. The van der Waals surface area contributed by atoms with Gasteiger partial charge in [-0.2, -0.15) is 11.8 Å². The van der Waals surface area contributed by atoms with Crippen LogP contribution in [0.2, 0.25) is 0 Å². The van der Waals surface area contributed by atoms with E-state index >= 15 is 4.79 Å². The van der Waals surface area contributed by atoms with E-state index < -0.39 is 143 Å². The summed E-state index contributed by atoms with van der Waals surface area (Å²) in [6, 6.07) is 10.4. The highest BCUT2D eigenvalue weighted by atomic mass is 32.2. The second kappa shape index (κ2) is 41.1. The lowest BCUT2D eigenvalue weighted by molar-refractivity contribution is -0.386. The van der Waals surface area contributed by atoms with E-state index in [0.717, 1.165) is 17.0 Å². The van der Waals surface area contributed by atoms with Crippen LogP contribution >= 0.6 is 11.8 Å². The molecule has 0 radical (unpaired) electrons. The van der Waals surface area contributed by atoms with Gasteiger partial charge in [0.1, 0.15) is 36.0 Å². The van der Waals surface area contributed by atoms with Crippen LogP contribution in [0.4, 0.5) is 10.5 Å². The highest BCUT2D eigenvalue weighted by Gasteiger charge is 2.49. The number of likely N-dealkylation sites (N-methyl/N-ethyl adjacent to an activating group) is 2. The molecule has 3 aliphatic rings. The fourth-order valence-electron chi connectivity index (χ4n) is 14.7. The summed E-state index contributed by atoms with van der Waals surface area (Å²) in [6.07, 6.45) is -4.58. The van der Waals surface area contributed by atoms with Gasteiger partial charge in [-0.05, 0) is 79.2 Å². The Morgan fingerprint density at radius 1 is 0.800 bits per heavy atom. The van der Waals surface area contributed by atoms with Gasteiger partial charge in [-0.25, -0.2) is 9.48 Å². The first kappa shape index (κ1) is 86.6. The maximum absolute atomic E-state index is 15.1. The molecule has 29 nitrogen and oxygen atoms in total. The number of amides is 5. The lowest BCUT2D eigenvalue weighted by Crippen LogP contribution is -2.57. The molecule has 1 saturated carbocycles. The molecule has 17 atom stereocenters. The van der Waals surface area contributed by atoms with Gasteiger partial charge >= 0.3 is 17.7 Å². The minimum Gasteiger partial charge on any atom is -0.481 e. The number of thioether (sulfide) groups is 1. The molecule has 17 unspecified atom stereocenters. The Morgan fingerprint density at radius 2 is 1.50 bits per heavy atom. The fraction of sp³-hybridized carbons (Fsp3) is 0.693. The molecular weight excluding hydrogens is 1380 g/mol. The van der Waals surface area contributed by atoms with Crippen LogP contribution in [-0.2, 0) is 70.3 Å². The Hall–Kier alpha value is -7.32. The van der Waals surface area contributed by atoms with Crippen LogP contribution in [-0.4, -0.2) is 239 Å². The maximum Gasteiger partial charge on any atom is 0.410 e. The Labute approximate surface area is 619 Å². The van der Waals surface area contributed by atoms with Crippen molar-refractivity contribution < 1.29 is 97.3 Å². The summed E-state index contributed by atoms with van der Waals surface area (Å²) in [7, 11) is 6.01. The molecule has 3 fully saturated rings. The summed E-state index contributed by atoms with van der Waals surface area (Å²) in [6.45, 7) is 16.0. The van der Waals surface area contributed by atoms with E-state index in [1.165, 1.54) is 48.7 Å². The number of rotatable bonds is 44. The van der Waals surface area contributed by atoms with Gasteiger partial charge in [0.15, 0.2) is 11.5 Å². The molecule has 2 aromatic carbocycles. The summed E-state index contributed by atoms with van der Waals surface area (Å²) < 4.78 is 31.5. The Morgan fingerprint density at radius 3 is 2.11 bits per heavy atom. The first-order valence-corrected chi connectivity index (χ1v) is 38.0. The van der Waals surface area contributed by atoms with E-state index in [4.69, 9.17) is 23.7 Å². The Bertz CT molecular complexity index is 3400. The fourth-order valence-corrected chi connectivity index (χ4v) is 15.4. The van der Waals surface area contributed by atoms with Gasteiger partial charge in [0.05, 0.1) is 83.9 Å². The number of imide groups is 1. The Kier molecular flexibility index (Phi) is 33.9. The number of ether oxygens (including phenoxy) is 5. The second-order valence-corrected chi connectivity index (χ2v) is 30.2. The average Bonchev–Trinajstić information content (AvgIpc) is 1.40. The minimum absolute atomic E-state index is 0.0293. The number of aliphatic carboxylic acids is 1. The molecule has 5 amide bonds. The molecule has 0 bridgehead atoms. The largest absolute Gasteiger partial charge is 0.481 e. The number of aromatic nitrogens is 3. The summed E-state index contributed by atoms with van der Waals surface area (Å²) in [5, 5.41) is 73.7. The van der Waals surface area contributed by atoms with Crippen molar-refractivity contribution in [1.82, 2.24) is 34.6 Å². The summed E-state index contributed by atoms with van der Waals surface area (Å²) in [4.78, 5) is 140. The van der Waals surface area contributed by atoms with Gasteiger partial charge in [-0.15, -0.1) is 5.10 Å². The quantitative estimate of drug-likeness (QED) is 0.0159. The van der Waals surface area contributed by atoms with E-state index in [9.17, 15) is 74.0 Å². The molecule has 3 aromatic rings. The van der Waals surface area contributed by atoms with Gasteiger partial charge in [0.25, 0.3) is 0 Å². The van der Waals surface area contributed by atoms with Crippen LogP contribution in [0.25, 0.3) is 0 Å². The number of Topliss-reactive ketones (excluding diaryl/α,β-unsaturated/α-hetero) is 3. The van der Waals surface area contributed by atoms with Crippen LogP contribution in [0.3, 0.4) is 0 Å². The standard InChI is InChI=1S/C75H112N8O21S/c1-14-45(6)66(60(100-11)40-63(87)81-31-21-27-54(81)71(101-12)47(8)56(85)35-46(7)67(89)48-23-17-15-18-24-48)78(9)72(93)52(43(2)3)38-57(86)65(44(4)5)79(10)75(97)104-59(49-28-29-58(55(36-49)83(98)99)103-61-39-53(74(95)96)68(90)70(92)69(61)91)37-50-42-80(77-76-50)32-34-102-33-22-26-51(84)25-19-16-20-30-82-64(88)41-62(105-13)73(82)94/h15,17-18,23-24,28-29,36,42-47,52-54,59-62,65-71,89-92H,14,16,19-22,25-27,30-35,37-41H2,1-13H3,(H,95,96). The number of carboxylic acids is 1. The van der Waals surface area contributed by atoms with E-state index in [2.05, 4.69) is 10.3 Å². The van der Waals surface area contributed by atoms with Gasteiger partial charge in [0, 0.05) is 117 Å². The van der Waals surface area contributed by atoms with E-state index in [0.29, 0.717) is 76.4 Å². The van der Waals surface area contributed by atoms with Crippen molar-refractivity contribution in [3.8, 4) is 5.75 Å². The topological polar surface area (TPSA) is 388 Å². The normalized spacial score (nSPS) is 22.0. The van der Waals surface area contributed by atoms with Crippen LogP contribution in [0, 0.1) is 51.5 Å². The number of likely N-dealkylation sites (tertiary alicyclic amines) is 2. The minimum atomic E-state index is -1.97. The van der Waals surface area contributed by atoms with Crippen molar-refractivity contribution in [3.05, 3.63) is 81.7 Å². The molecule has 105 heavy (non-hydrogen) atoms. The van der Waals surface area contributed by atoms with Crippen LogP contribution in [0.1, 0.15) is 174 Å². The van der Waals surface area contributed by atoms with Crippen molar-refractivity contribution in [2.75, 3.05) is 60.9 Å². The molecule has 6 rings (SSSR count). The molecule has 0 spiro atoms. The zero-order chi connectivity index (χ0) is 77.7. The molecule has 1 aromatic heterocycles. The smallest absolute Gasteiger partial charge is 0.410 e. The highest BCUT2D eigenvalue weighted by Crippen LogP contribution is 2.39. The number of unbranched alkanes of at least 4 members (excludes halogenated alkanes) is 2. The van der Waals surface area contributed by atoms with Crippen LogP contribution in [0.15, 0.2) is 54.7 Å². The number of aliphatic hydroxyl groups is 4. The number of carboxylic acid groups (broad SMARTS) is 1. The number of aliphatic hydroxyl groups excluding tert-OH is 4. The molecule has 584 valence electrons. The summed E-state index contributed by atoms with van der Waals surface area (Å²) >= 11 is 1.37. The summed E-state index contributed by atoms with van der Waals surface area (Å²) in [5.74, 6) is -8.15. The zero-order valence-electron chi connectivity index (χ0n) is 63.1. The van der Waals surface area contributed by atoms with Crippen LogP contribution in [0.5, 0.6) is 5.75 Å². The number of ketones is 3. The number of carbonyl (C=O) groups is 9. The zero-order valence-corrected chi connectivity index (χ0v) is 63.9. The first-order chi connectivity index (χ1) is 49.8. The van der Waals surface area contributed by atoms with Gasteiger partial charge < -0.3 is 63.9 Å². The van der Waals surface area contributed by atoms with Gasteiger partial charge in [-0.3, -0.25) is 53.4 Å².